The molecule has 0 bridgehead atoms. The Labute approximate surface area is 104 Å². The first-order valence-electron chi connectivity index (χ1n) is 6.02. The van der Waals surface area contributed by atoms with E-state index in [9.17, 15) is 14.5 Å². The van der Waals surface area contributed by atoms with Gasteiger partial charge in [-0.25, -0.2) is 0 Å². The number of nitrogens with zero attached hydrogens (tertiary/aromatic N) is 1. The lowest BCUT2D eigenvalue weighted by atomic mass is 9.91. The maximum atomic E-state index is 13.2. The van der Waals surface area contributed by atoms with E-state index in [0.717, 1.165) is 31.7 Å². The molecule has 1 aliphatic carbocycles. The Balaban J connectivity index is 2.05. The zero-order chi connectivity index (χ0) is 13.1. The SMILES string of the molecule is NC1CCC(Nc2ccc(F)c([N+](=O)[O-])c2)CC1. The maximum absolute atomic E-state index is 13.2. The highest BCUT2D eigenvalue weighted by atomic mass is 19.1. The van der Waals surface area contributed by atoms with E-state index in [4.69, 9.17) is 5.73 Å². The second kappa shape index (κ2) is 5.30. The van der Waals surface area contributed by atoms with Gasteiger partial charge in [0.05, 0.1) is 4.92 Å². The van der Waals surface area contributed by atoms with Crippen LogP contribution in [0.25, 0.3) is 0 Å². The van der Waals surface area contributed by atoms with Crippen molar-refractivity contribution < 1.29 is 9.31 Å². The second-order valence-electron chi connectivity index (χ2n) is 4.68. The van der Waals surface area contributed by atoms with Gasteiger partial charge in [-0.05, 0) is 37.8 Å². The molecular formula is C12H16FN3O2. The minimum Gasteiger partial charge on any atom is -0.382 e. The Bertz CT molecular complexity index is 445. The Morgan fingerprint density at radius 2 is 2.00 bits per heavy atom. The molecule has 0 aliphatic heterocycles. The molecule has 0 saturated heterocycles. The van der Waals surface area contributed by atoms with Crippen molar-refractivity contribution in [2.75, 3.05) is 5.32 Å². The van der Waals surface area contributed by atoms with Crippen LogP contribution in [0.1, 0.15) is 25.7 Å². The van der Waals surface area contributed by atoms with Crippen LogP contribution >= 0.6 is 0 Å². The third kappa shape index (κ3) is 2.95. The molecule has 0 atom stereocenters. The van der Waals surface area contributed by atoms with Crippen LogP contribution in [-0.2, 0) is 0 Å². The fourth-order valence-corrected chi connectivity index (χ4v) is 2.24. The van der Waals surface area contributed by atoms with E-state index in [1.807, 2.05) is 0 Å². The number of rotatable bonds is 3. The van der Waals surface area contributed by atoms with Gasteiger partial charge in [0.25, 0.3) is 0 Å². The molecule has 1 aromatic carbocycles. The Morgan fingerprint density at radius 3 is 2.61 bits per heavy atom. The van der Waals surface area contributed by atoms with Crippen LogP contribution in [0, 0.1) is 15.9 Å². The van der Waals surface area contributed by atoms with Crippen molar-refractivity contribution in [1.82, 2.24) is 0 Å². The summed E-state index contributed by atoms with van der Waals surface area (Å²) in [4.78, 5) is 9.92. The second-order valence-corrected chi connectivity index (χ2v) is 4.68. The summed E-state index contributed by atoms with van der Waals surface area (Å²) in [6, 6.07) is 4.40. The number of hydrogen-bond donors (Lipinski definition) is 2. The molecule has 0 radical (unpaired) electrons. The molecule has 0 aromatic heterocycles. The van der Waals surface area contributed by atoms with Gasteiger partial charge in [0.15, 0.2) is 0 Å². The number of hydrogen-bond acceptors (Lipinski definition) is 4. The molecule has 1 aliphatic rings. The predicted octanol–water partition coefficient (Wildman–Crippen LogP) is 2.42. The molecule has 98 valence electrons. The summed E-state index contributed by atoms with van der Waals surface area (Å²) >= 11 is 0. The zero-order valence-electron chi connectivity index (χ0n) is 9.93. The molecule has 2 rings (SSSR count). The normalized spacial score (nSPS) is 23.7. The van der Waals surface area contributed by atoms with Crippen LogP contribution in [0.3, 0.4) is 0 Å². The molecule has 3 N–H and O–H groups in total. The fourth-order valence-electron chi connectivity index (χ4n) is 2.24. The average molecular weight is 253 g/mol. The first-order chi connectivity index (χ1) is 8.56. The minimum absolute atomic E-state index is 0.255. The van der Waals surface area contributed by atoms with Gasteiger partial charge in [0.2, 0.25) is 5.82 Å². The highest BCUT2D eigenvalue weighted by Crippen LogP contribution is 2.25. The Morgan fingerprint density at radius 1 is 1.33 bits per heavy atom. The van der Waals surface area contributed by atoms with Crippen LogP contribution in [0.2, 0.25) is 0 Å². The lowest BCUT2D eigenvalue weighted by Gasteiger charge is -2.27. The first kappa shape index (κ1) is 12.8. The number of halogens is 1. The molecular weight excluding hydrogens is 237 g/mol. The van der Waals surface area contributed by atoms with E-state index in [1.165, 1.54) is 12.1 Å². The third-order valence-corrected chi connectivity index (χ3v) is 3.29. The first-order valence-corrected chi connectivity index (χ1v) is 6.02. The standard InChI is InChI=1S/C12H16FN3O2/c13-11-6-5-10(7-12(11)16(17)18)15-9-3-1-8(14)2-4-9/h5-9,15H,1-4,14H2. The Hall–Kier alpha value is -1.69. The molecule has 0 spiro atoms. The monoisotopic (exact) mass is 253 g/mol. The van der Waals surface area contributed by atoms with E-state index in [2.05, 4.69) is 5.32 Å². The van der Waals surface area contributed by atoms with Crippen LogP contribution in [0.5, 0.6) is 0 Å². The maximum Gasteiger partial charge on any atom is 0.306 e. The quantitative estimate of drug-likeness (QED) is 0.640. The average Bonchev–Trinajstić information content (AvgIpc) is 2.34. The van der Waals surface area contributed by atoms with Crippen molar-refractivity contribution in [3.8, 4) is 0 Å². The van der Waals surface area contributed by atoms with Crippen molar-refractivity contribution in [2.45, 2.75) is 37.8 Å². The molecule has 5 nitrogen and oxygen atoms in total. The third-order valence-electron chi connectivity index (χ3n) is 3.29. The summed E-state index contributed by atoms with van der Waals surface area (Å²) in [6.07, 6.45) is 3.76. The number of benzene rings is 1. The summed E-state index contributed by atoms with van der Waals surface area (Å²) in [5.41, 5.74) is 5.90. The summed E-state index contributed by atoms with van der Waals surface area (Å²) in [7, 11) is 0. The molecule has 6 heteroatoms. The largest absolute Gasteiger partial charge is 0.382 e. The van der Waals surface area contributed by atoms with Crippen molar-refractivity contribution in [1.29, 1.82) is 0 Å². The Kier molecular flexibility index (Phi) is 3.76. The highest BCUT2D eigenvalue weighted by molar-refractivity contribution is 5.52. The zero-order valence-corrected chi connectivity index (χ0v) is 9.93. The molecule has 0 unspecified atom stereocenters. The van der Waals surface area contributed by atoms with Gasteiger partial charge in [-0.2, -0.15) is 4.39 Å². The van der Waals surface area contributed by atoms with Crippen molar-refractivity contribution in [3.63, 3.8) is 0 Å². The van der Waals surface area contributed by atoms with Crippen molar-refractivity contribution in [2.24, 2.45) is 5.73 Å². The number of nitrogens with two attached hydrogens (primary N) is 1. The summed E-state index contributed by atoms with van der Waals surface area (Å²) in [6.45, 7) is 0. The van der Waals surface area contributed by atoms with Crippen molar-refractivity contribution in [3.05, 3.63) is 34.1 Å². The number of anilines is 1. The topological polar surface area (TPSA) is 81.2 Å². The van der Waals surface area contributed by atoms with E-state index in [-0.39, 0.29) is 12.1 Å². The summed E-state index contributed by atoms with van der Waals surface area (Å²) in [5.74, 6) is -0.809. The fraction of sp³-hybridized carbons (Fsp3) is 0.500. The van der Waals surface area contributed by atoms with E-state index >= 15 is 0 Å². The lowest BCUT2D eigenvalue weighted by molar-refractivity contribution is -0.387. The molecule has 1 fully saturated rings. The van der Waals surface area contributed by atoms with E-state index in [1.54, 1.807) is 0 Å². The van der Waals surface area contributed by atoms with Crippen LogP contribution in [-0.4, -0.2) is 17.0 Å². The van der Waals surface area contributed by atoms with Gasteiger partial charge in [-0.1, -0.05) is 0 Å². The molecule has 0 amide bonds. The van der Waals surface area contributed by atoms with Gasteiger partial charge in [0.1, 0.15) is 0 Å². The van der Waals surface area contributed by atoms with Gasteiger partial charge >= 0.3 is 5.69 Å². The minimum atomic E-state index is -0.809. The van der Waals surface area contributed by atoms with E-state index in [0.29, 0.717) is 5.69 Å². The smallest absolute Gasteiger partial charge is 0.306 e. The molecule has 1 aromatic rings. The van der Waals surface area contributed by atoms with Crippen LogP contribution in [0.4, 0.5) is 15.8 Å². The van der Waals surface area contributed by atoms with E-state index < -0.39 is 16.4 Å². The summed E-state index contributed by atoms with van der Waals surface area (Å²) < 4.78 is 13.2. The number of nitrogens with one attached hydrogen (secondary N) is 1. The predicted molar refractivity (Wildman–Crippen MR) is 66.9 cm³/mol. The molecule has 1 saturated carbocycles. The number of nitro groups is 1. The highest BCUT2D eigenvalue weighted by Gasteiger charge is 2.20. The van der Waals surface area contributed by atoms with Crippen LogP contribution in [0.15, 0.2) is 18.2 Å². The van der Waals surface area contributed by atoms with Gasteiger partial charge < -0.3 is 11.1 Å². The van der Waals surface area contributed by atoms with Gasteiger partial charge in [-0.15, -0.1) is 0 Å². The molecule has 18 heavy (non-hydrogen) atoms. The molecule has 0 heterocycles. The lowest BCUT2D eigenvalue weighted by Crippen LogP contribution is -2.32. The van der Waals surface area contributed by atoms with Crippen LogP contribution < -0.4 is 11.1 Å². The van der Waals surface area contributed by atoms with Gasteiger partial charge in [0, 0.05) is 23.8 Å². The number of nitro benzene ring substituents is 1. The summed E-state index contributed by atoms with van der Waals surface area (Å²) in [5, 5.41) is 13.8. The van der Waals surface area contributed by atoms with Gasteiger partial charge in [-0.3, -0.25) is 10.1 Å². The van der Waals surface area contributed by atoms with Crippen molar-refractivity contribution >= 4 is 11.4 Å².